The number of hydrogen-bond acceptors (Lipinski definition) is 7. The first kappa shape index (κ1) is 27.3. The molecule has 0 fully saturated rings. The van der Waals surface area contributed by atoms with Crippen LogP contribution in [0.5, 0.6) is 0 Å². The quantitative estimate of drug-likeness (QED) is 0.139. The lowest BCUT2D eigenvalue weighted by Gasteiger charge is -2.23. The topological polar surface area (TPSA) is 138 Å². The standard InChI is InChI=1S/C20H41N5O4/c1-3-4-9-19(18(16-26)25-17(2)27)29-20(28)24-15-8-14-23-12-6-5-11-22-13-7-10-21/h4,9,18-19,22-23,26H,3,5-8,10-16,21H2,1-2H3,(H,24,28)(H,25,27)/b9-4+/t18-,19+/m0/s1. The highest BCUT2D eigenvalue weighted by Crippen LogP contribution is 2.04. The fourth-order valence-electron chi connectivity index (χ4n) is 2.56. The average molecular weight is 416 g/mol. The highest BCUT2D eigenvalue weighted by molar-refractivity contribution is 5.73. The first-order valence-corrected chi connectivity index (χ1v) is 10.7. The van der Waals surface area contributed by atoms with E-state index in [1.54, 1.807) is 6.08 Å². The first-order chi connectivity index (χ1) is 14.0. The summed E-state index contributed by atoms with van der Waals surface area (Å²) in [6.45, 7) is 7.94. The summed E-state index contributed by atoms with van der Waals surface area (Å²) in [7, 11) is 0. The summed E-state index contributed by atoms with van der Waals surface area (Å²) in [6, 6.07) is -0.674. The van der Waals surface area contributed by atoms with Gasteiger partial charge in [0.05, 0.1) is 12.6 Å². The number of hydrogen-bond donors (Lipinski definition) is 6. The van der Waals surface area contributed by atoms with Gasteiger partial charge in [0.2, 0.25) is 5.91 Å². The summed E-state index contributed by atoms with van der Waals surface area (Å²) < 4.78 is 5.36. The van der Waals surface area contributed by atoms with E-state index in [0.717, 1.165) is 64.8 Å². The molecular weight excluding hydrogens is 374 g/mol. The van der Waals surface area contributed by atoms with E-state index < -0.39 is 18.2 Å². The van der Waals surface area contributed by atoms with E-state index in [1.165, 1.54) is 6.92 Å². The monoisotopic (exact) mass is 415 g/mol. The minimum absolute atomic E-state index is 0.291. The van der Waals surface area contributed by atoms with Crippen molar-refractivity contribution in [3.05, 3.63) is 12.2 Å². The zero-order valence-corrected chi connectivity index (χ0v) is 18.0. The number of amides is 2. The molecule has 0 saturated heterocycles. The molecule has 0 aromatic heterocycles. The number of rotatable bonds is 18. The molecule has 0 aromatic rings. The van der Waals surface area contributed by atoms with Gasteiger partial charge in [-0.1, -0.05) is 13.0 Å². The van der Waals surface area contributed by atoms with Gasteiger partial charge in [0.1, 0.15) is 6.10 Å². The number of nitrogens with two attached hydrogens (primary N) is 1. The molecule has 0 unspecified atom stereocenters. The van der Waals surface area contributed by atoms with Gasteiger partial charge in [0, 0.05) is 13.5 Å². The molecule has 0 aliphatic rings. The molecule has 0 rings (SSSR count). The minimum Gasteiger partial charge on any atom is -0.440 e. The molecule has 0 saturated carbocycles. The van der Waals surface area contributed by atoms with E-state index >= 15 is 0 Å². The van der Waals surface area contributed by atoms with Crippen LogP contribution in [0.4, 0.5) is 4.79 Å². The number of aliphatic hydroxyl groups excluding tert-OH is 1. The Hall–Kier alpha value is -1.68. The fraction of sp³-hybridized carbons (Fsp3) is 0.800. The Balaban J connectivity index is 3.90. The highest BCUT2D eigenvalue weighted by Gasteiger charge is 2.23. The van der Waals surface area contributed by atoms with Crippen molar-refractivity contribution in [1.29, 1.82) is 0 Å². The molecule has 9 nitrogen and oxygen atoms in total. The zero-order chi connectivity index (χ0) is 21.7. The van der Waals surface area contributed by atoms with Crippen LogP contribution >= 0.6 is 0 Å². The average Bonchev–Trinajstić information content (AvgIpc) is 2.70. The zero-order valence-electron chi connectivity index (χ0n) is 18.0. The van der Waals surface area contributed by atoms with Crippen molar-refractivity contribution in [2.24, 2.45) is 5.73 Å². The first-order valence-electron chi connectivity index (χ1n) is 10.7. The molecule has 9 heteroatoms. The molecular formula is C20H41N5O4. The van der Waals surface area contributed by atoms with Crippen molar-refractivity contribution >= 4 is 12.0 Å². The van der Waals surface area contributed by atoms with E-state index in [2.05, 4.69) is 21.3 Å². The molecule has 0 radical (unpaired) electrons. The van der Waals surface area contributed by atoms with Gasteiger partial charge in [-0.15, -0.1) is 0 Å². The predicted molar refractivity (Wildman–Crippen MR) is 116 cm³/mol. The lowest BCUT2D eigenvalue weighted by molar-refractivity contribution is -0.120. The second-order valence-electron chi connectivity index (χ2n) is 6.83. The van der Waals surface area contributed by atoms with E-state index in [4.69, 9.17) is 10.5 Å². The Morgan fingerprint density at radius 2 is 1.66 bits per heavy atom. The number of carbonyl (C=O) groups excluding carboxylic acids is 2. The van der Waals surface area contributed by atoms with Gasteiger partial charge in [-0.25, -0.2) is 4.79 Å². The molecule has 2 atom stereocenters. The summed E-state index contributed by atoms with van der Waals surface area (Å²) in [5, 5.41) is 21.5. The van der Waals surface area contributed by atoms with E-state index in [-0.39, 0.29) is 12.5 Å². The van der Waals surface area contributed by atoms with Gasteiger partial charge in [-0.05, 0) is 70.9 Å². The minimum atomic E-state index is -0.722. The Bertz CT molecular complexity index is 449. The third kappa shape index (κ3) is 16.9. The third-order valence-electron chi connectivity index (χ3n) is 4.10. The van der Waals surface area contributed by atoms with Crippen LogP contribution in [0.15, 0.2) is 12.2 Å². The maximum absolute atomic E-state index is 12.0. The number of nitrogens with one attached hydrogen (secondary N) is 4. The molecule has 170 valence electrons. The number of allylic oxidation sites excluding steroid dienone is 1. The Morgan fingerprint density at radius 1 is 1.03 bits per heavy atom. The van der Waals surface area contributed by atoms with E-state index in [0.29, 0.717) is 6.54 Å². The van der Waals surface area contributed by atoms with Crippen LogP contribution in [0, 0.1) is 0 Å². The maximum Gasteiger partial charge on any atom is 0.407 e. The van der Waals surface area contributed by atoms with Gasteiger partial charge < -0.3 is 36.8 Å². The van der Waals surface area contributed by atoms with Gasteiger partial charge in [0.15, 0.2) is 0 Å². The van der Waals surface area contributed by atoms with Crippen molar-refractivity contribution in [2.75, 3.05) is 45.9 Å². The molecule has 0 aliphatic carbocycles. The lowest BCUT2D eigenvalue weighted by Crippen LogP contribution is -2.47. The number of ether oxygens (including phenoxy) is 1. The molecule has 2 amide bonds. The molecule has 0 heterocycles. The van der Waals surface area contributed by atoms with Crippen molar-refractivity contribution < 1.29 is 19.4 Å². The Kier molecular flexibility index (Phi) is 18.5. The summed E-state index contributed by atoms with van der Waals surface area (Å²) in [6.07, 6.45) is 7.00. The number of unbranched alkanes of at least 4 members (excludes halogenated alkanes) is 1. The fourth-order valence-corrected chi connectivity index (χ4v) is 2.56. The van der Waals surface area contributed by atoms with Gasteiger partial charge in [-0.2, -0.15) is 0 Å². The van der Waals surface area contributed by atoms with Crippen LogP contribution < -0.4 is 27.0 Å². The van der Waals surface area contributed by atoms with Crippen LogP contribution in [-0.2, 0) is 9.53 Å². The van der Waals surface area contributed by atoms with Gasteiger partial charge >= 0.3 is 6.09 Å². The smallest absolute Gasteiger partial charge is 0.407 e. The summed E-state index contributed by atoms with van der Waals surface area (Å²) in [4.78, 5) is 23.3. The maximum atomic E-state index is 12.0. The van der Waals surface area contributed by atoms with E-state index in [9.17, 15) is 14.7 Å². The number of alkyl carbamates (subject to hydrolysis) is 1. The molecule has 29 heavy (non-hydrogen) atoms. The Labute approximate surface area is 175 Å². The van der Waals surface area contributed by atoms with Crippen LogP contribution in [-0.4, -0.2) is 75.1 Å². The largest absolute Gasteiger partial charge is 0.440 e. The highest BCUT2D eigenvalue weighted by atomic mass is 16.6. The third-order valence-corrected chi connectivity index (χ3v) is 4.10. The molecule has 0 spiro atoms. The lowest BCUT2D eigenvalue weighted by atomic mass is 10.1. The number of aliphatic hydroxyl groups is 1. The van der Waals surface area contributed by atoms with Gasteiger partial charge in [0.25, 0.3) is 0 Å². The second-order valence-corrected chi connectivity index (χ2v) is 6.83. The normalized spacial score (nSPS) is 13.2. The molecule has 0 aliphatic heterocycles. The summed E-state index contributed by atoms with van der Waals surface area (Å²) >= 11 is 0. The molecule has 0 aromatic carbocycles. The SMILES string of the molecule is CC/C=C/[C@@H](OC(=O)NCCCNCCCCNCCCN)[C@H](CO)NC(C)=O. The Morgan fingerprint density at radius 3 is 2.21 bits per heavy atom. The van der Waals surface area contributed by atoms with E-state index in [1.807, 2.05) is 13.0 Å². The summed E-state index contributed by atoms with van der Waals surface area (Å²) in [5.41, 5.74) is 5.44. The summed E-state index contributed by atoms with van der Waals surface area (Å²) in [5.74, 6) is -0.291. The second kappa shape index (κ2) is 19.6. The van der Waals surface area contributed by atoms with Crippen molar-refractivity contribution in [1.82, 2.24) is 21.3 Å². The predicted octanol–water partition coefficient (Wildman–Crippen LogP) is 0.243. The van der Waals surface area contributed by atoms with Crippen LogP contribution in [0.2, 0.25) is 0 Å². The van der Waals surface area contributed by atoms with Crippen LogP contribution in [0.3, 0.4) is 0 Å². The van der Waals surface area contributed by atoms with Gasteiger partial charge in [-0.3, -0.25) is 4.79 Å². The van der Waals surface area contributed by atoms with Crippen molar-refractivity contribution in [2.45, 2.75) is 58.1 Å². The molecule has 0 bridgehead atoms. The van der Waals surface area contributed by atoms with Crippen molar-refractivity contribution in [3.8, 4) is 0 Å². The van der Waals surface area contributed by atoms with Crippen LogP contribution in [0.25, 0.3) is 0 Å². The number of carbonyl (C=O) groups is 2. The van der Waals surface area contributed by atoms with Crippen molar-refractivity contribution in [3.63, 3.8) is 0 Å². The molecule has 7 N–H and O–H groups in total. The van der Waals surface area contributed by atoms with Crippen LogP contribution in [0.1, 0.15) is 46.0 Å².